The molecule has 2 unspecified atom stereocenters. The van der Waals surface area contributed by atoms with Gasteiger partial charge in [0.2, 0.25) is 0 Å². The summed E-state index contributed by atoms with van der Waals surface area (Å²) in [6.07, 6.45) is -3.28. The van der Waals surface area contributed by atoms with Gasteiger partial charge in [0.15, 0.2) is 11.7 Å². The molecule has 1 aliphatic rings. The van der Waals surface area contributed by atoms with Gasteiger partial charge in [-0.25, -0.2) is 4.98 Å². The minimum atomic E-state index is -4.38. The smallest absolute Gasteiger partial charge is 0.353 e. The Morgan fingerprint density at radius 2 is 2.26 bits per heavy atom. The third-order valence-electron chi connectivity index (χ3n) is 2.90. The number of hydrogen-bond acceptors (Lipinski definition) is 3. The van der Waals surface area contributed by atoms with Crippen molar-refractivity contribution in [1.29, 1.82) is 0 Å². The minimum absolute atomic E-state index is 0.238. The average molecular weight is 292 g/mol. The summed E-state index contributed by atoms with van der Waals surface area (Å²) in [7, 11) is 1.63. The molecule has 1 fully saturated rings. The van der Waals surface area contributed by atoms with E-state index in [9.17, 15) is 13.2 Å². The quantitative estimate of drug-likeness (QED) is 0.663. The van der Waals surface area contributed by atoms with Crippen LogP contribution in [-0.4, -0.2) is 24.0 Å². The number of aromatic nitrogens is 1. The van der Waals surface area contributed by atoms with Crippen molar-refractivity contribution in [3.05, 3.63) is 16.1 Å². The van der Waals surface area contributed by atoms with E-state index in [-0.39, 0.29) is 6.54 Å². The Bertz CT molecular complexity index is 469. The van der Waals surface area contributed by atoms with Crippen LogP contribution in [-0.2, 0) is 12.7 Å². The predicted octanol–water partition coefficient (Wildman–Crippen LogP) is 2.24. The Kier molecular flexibility index (Phi) is 3.98. The van der Waals surface area contributed by atoms with Gasteiger partial charge in [-0.1, -0.05) is 6.92 Å². The maximum Gasteiger partial charge on any atom is 0.434 e. The molecule has 1 saturated carbocycles. The van der Waals surface area contributed by atoms with Crippen molar-refractivity contribution in [1.82, 2.24) is 15.6 Å². The largest absolute Gasteiger partial charge is 0.434 e. The zero-order valence-electron chi connectivity index (χ0n) is 10.6. The van der Waals surface area contributed by atoms with E-state index in [0.717, 1.165) is 23.1 Å². The Balaban J connectivity index is 1.85. The highest BCUT2D eigenvalue weighted by Crippen LogP contribution is 2.30. The zero-order chi connectivity index (χ0) is 14.0. The summed E-state index contributed by atoms with van der Waals surface area (Å²) in [6.45, 7) is 2.36. The Labute approximate surface area is 113 Å². The first-order chi connectivity index (χ1) is 8.90. The van der Waals surface area contributed by atoms with E-state index in [2.05, 4.69) is 27.5 Å². The molecule has 8 heteroatoms. The molecule has 2 rings (SSSR count). The molecular formula is C11H15F3N4S. The SMILES string of the molecule is CN=C(NCc1nc(C(F)(F)F)cs1)NC1CC1C. The molecule has 106 valence electrons. The van der Waals surface area contributed by atoms with E-state index in [0.29, 0.717) is 22.9 Å². The van der Waals surface area contributed by atoms with Crippen LogP contribution in [0.15, 0.2) is 10.4 Å². The van der Waals surface area contributed by atoms with E-state index in [1.807, 2.05) is 0 Å². The molecule has 0 spiro atoms. The Hall–Kier alpha value is -1.31. The number of nitrogens with zero attached hydrogens (tertiary/aromatic N) is 2. The van der Waals surface area contributed by atoms with Crippen LogP contribution in [0.2, 0.25) is 0 Å². The van der Waals surface area contributed by atoms with Crippen molar-refractivity contribution in [2.24, 2.45) is 10.9 Å². The number of guanidine groups is 1. The van der Waals surface area contributed by atoms with E-state index in [4.69, 9.17) is 0 Å². The fraction of sp³-hybridized carbons (Fsp3) is 0.636. The molecule has 0 bridgehead atoms. The molecule has 0 aromatic carbocycles. The summed E-state index contributed by atoms with van der Waals surface area (Å²) in [5, 5.41) is 7.57. The van der Waals surface area contributed by atoms with Crippen molar-refractivity contribution in [3.8, 4) is 0 Å². The highest BCUT2D eigenvalue weighted by atomic mass is 32.1. The van der Waals surface area contributed by atoms with Gasteiger partial charge in [0, 0.05) is 18.5 Å². The topological polar surface area (TPSA) is 49.3 Å². The van der Waals surface area contributed by atoms with Crippen LogP contribution in [0.5, 0.6) is 0 Å². The molecule has 4 nitrogen and oxygen atoms in total. The molecule has 2 N–H and O–H groups in total. The van der Waals surface area contributed by atoms with Gasteiger partial charge in [-0.05, 0) is 12.3 Å². The fourth-order valence-electron chi connectivity index (χ4n) is 1.58. The van der Waals surface area contributed by atoms with Crippen molar-refractivity contribution in [2.75, 3.05) is 7.05 Å². The molecule has 1 aromatic heterocycles. The first-order valence-electron chi connectivity index (χ1n) is 5.89. The van der Waals surface area contributed by atoms with Crippen LogP contribution in [0.25, 0.3) is 0 Å². The lowest BCUT2D eigenvalue weighted by Gasteiger charge is -2.10. The normalized spacial score (nSPS) is 23.3. The van der Waals surface area contributed by atoms with Crippen LogP contribution in [0.4, 0.5) is 13.2 Å². The van der Waals surface area contributed by atoms with E-state index in [1.165, 1.54) is 0 Å². The maximum absolute atomic E-state index is 12.4. The molecule has 19 heavy (non-hydrogen) atoms. The summed E-state index contributed by atoms with van der Waals surface area (Å²) in [6, 6.07) is 0.410. The van der Waals surface area contributed by atoms with Gasteiger partial charge in [-0.2, -0.15) is 13.2 Å². The first kappa shape index (κ1) is 14.1. The van der Waals surface area contributed by atoms with E-state index < -0.39 is 11.9 Å². The molecule has 1 aromatic rings. The standard InChI is InChI=1S/C11H15F3N4S/c1-6-3-7(6)17-10(15-2)16-4-9-18-8(5-19-9)11(12,13)14/h5-7H,3-4H2,1-2H3,(H2,15,16,17). The number of aliphatic imine (C=N–C) groups is 1. The average Bonchev–Trinajstić information content (AvgIpc) is 2.83. The van der Waals surface area contributed by atoms with Gasteiger partial charge in [-0.3, -0.25) is 4.99 Å². The molecular weight excluding hydrogens is 277 g/mol. The van der Waals surface area contributed by atoms with E-state index in [1.54, 1.807) is 7.05 Å². The molecule has 1 heterocycles. The number of rotatable bonds is 3. The van der Waals surface area contributed by atoms with Gasteiger partial charge >= 0.3 is 6.18 Å². The number of alkyl halides is 3. The second-order valence-electron chi connectivity index (χ2n) is 4.51. The fourth-order valence-corrected chi connectivity index (χ4v) is 2.32. The lowest BCUT2D eigenvalue weighted by molar-refractivity contribution is -0.140. The van der Waals surface area contributed by atoms with Gasteiger partial charge in [0.05, 0.1) is 6.54 Å². The van der Waals surface area contributed by atoms with Gasteiger partial charge < -0.3 is 10.6 Å². The van der Waals surface area contributed by atoms with Crippen molar-refractivity contribution in [2.45, 2.75) is 32.1 Å². The first-order valence-corrected chi connectivity index (χ1v) is 6.77. The van der Waals surface area contributed by atoms with Gasteiger partial charge in [0.1, 0.15) is 5.01 Å². The van der Waals surface area contributed by atoms with Crippen LogP contribution in [0.3, 0.4) is 0 Å². The van der Waals surface area contributed by atoms with Crippen LogP contribution in [0, 0.1) is 5.92 Å². The number of halogens is 3. The second-order valence-corrected chi connectivity index (χ2v) is 5.46. The lowest BCUT2D eigenvalue weighted by atomic mass is 10.5. The Morgan fingerprint density at radius 1 is 1.58 bits per heavy atom. The number of nitrogens with one attached hydrogen (secondary N) is 2. The summed E-state index contributed by atoms with van der Waals surface area (Å²) in [4.78, 5) is 7.57. The molecule has 2 atom stereocenters. The van der Waals surface area contributed by atoms with Crippen LogP contribution < -0.4 is 10.6 Å². The monoisotopic (exact) mass is 292 g/mol. The summed E-state index contributed by atoms with van der Waals surface area (Å²) >= 11 is 0.988. The van der Waals surface area contributed by atoms with Gasteiger partial charge in [0.25, 0.3) is 0 Å². The van der Waals surface area contributed by atoms with E-state index >= 15 is 0 Å². The molecule has 0 amide bonds. The predicted molar refractivity (Wildman–Crippen MR) is 68.0 cm³/mol. The molecule has 1 aliphatic carbocycles. The van der Waals surface area contributed by atoms with Crippen LogP contribution in [0.1, 0.15) is 24.0 Å². The Morgan fingerprint density at radius 3 is 2.74 bits per heavy atom. The van der Waals surface area contributed by atoms with Crippen molar-refractivity contribution < 1.29 is 13.2 Å². The number of hydrogen-bond donors (Lipinski definition) is 2. The second kappa shape index (κ2) is 5.36. The summed E-state index contributed by atoms with van der Waals surface area (Å²) in [5.74, 6) is 1.22. The highest BCUT2D eigenvalue weighted by molar-refractivity contribution is 7.09. The lowest BCUT2D eigenvalue weighted by Crippen LogP contribution is -2.38. The molecule has 0 aliphatic heterocycles. The molecule has 0 radical (unpaired) electrons. The molecule has 0 saturated heterocycles. The number of thiazole rings is 1. The third kappa shape index (κ3) is 3.82. The maximum atomic E-state index is 12.4. The zero-order valence-corrected chi connectivity index (χ0v) is 11.4. The van der Waals surface area contributed by atoms with Gasteiger partial charge in [-0.15, -0.1) is 11.3 Å². The highest BCUT2D eigenvalue weighted by Gasteiger charge is 2.34. The third-order valence-corrected chi connectivity index (χ3v) is 3.75. The van der Waals surface area contributed by atoms with Crippen molar-refractivity contribution >= 4 is 17.3 Å². The van der Waals surface area contributed by atoms with Crippen LogP contribution >= 0.6 is 11.3 Å². The summed E-state index contributed by atoms with van der Waals surface area (Å²) < 4.78 is 37.1. The minimum Gasteiger partial charge on any atom is -0.353 e. The van der Waals surface area contributed by atoms with Crippen molar-refractivity contribution in [3.63, 3.8) is 0 Å². The summed E-state index contributed by atoms with van der Waals surface area (Å²) in [5.41, 5.74) is -0.840.